The molecule has 24 heavy (non-hydrogen) atoms. The molecule has 0 spiro atoms. The molecule has 1 heterocycles. The molecule has 0 saturated heterocycles. The lowest BCUT2D eigenvalue weighted by Gasteiger charge is -2.08. The van der Waals surface area contributed by atoms with Crippen molar-refractivity contribution in [2.75, 3.05) is 13.2 Å². The fraction of sp³-hybridized carbons (Fsp3) is 0.294. The minimum Gasteiger partial charge on any atom is -0.480 e. The van der Waals surface area contributed by atoms with Crippen molar-refractivity contribution in [1.82, 2.24) is 4.57 Å². The highest BCUT2D eigenvalue weighted by Crippen LogP contribution is 2.27. The number of esters is 1. The Balaban J connectivity index is 1.86. The molecule has 7 heteroatoms. The second-order valence-electron chi connectivity index (χ2n) is 5.29. The summed E-state index contributed by atoms with van der Waals surface area (Å²) in [5.74, 6) is -0.503. The molecule has 0 fully saturated rings. The van der Waals surface area contributed by atoms with Gasteiger partial charge in [-0.1, -0.05) is 27.5 Å². The molecule has 0 atom stereocenters. The van der Waals surface area contributed by atoms with Gasteiger partial charge in [-0.05, 0) is 38.1 Å². The van der Waals surface area contributed by atoms with E-state index in [0.717, 1.165) is 15.9 Å². The Morgan fingerprint density at radius 2 is 1.92 bits per heavy atom. The predicted octanol–water partition coefficient (Wildman–Crippen LogP) is 3.86. The minimum absolute atomic E-state index is 0.244. The lowest BCUT2D eigenvalue weighted by atomic mass is 10.1. The van der Waals surface area contributed by atoms with Crippen molar-refractivity contribution >= 4 is 39.3 Å². The van der Waals surface area contributed by atoms with Gasteiger partial charge in [0.1, 0.15) is 5.75 Å². The second-order valence-corrected chi connectivity index (χ2v) is 6.61. The van der Waals surface area contributed by atoms with Crippen LogP contribution >= 0.6 is 27.5 Å². The lowest BCUT2D eigenvalue weighted by molar-refractivity contribution is -0.144. The van der Waals surface area contributed by atoms with Crippen LogP contribution in [0, 0.1) is 13.8 Å². The van der Waals surface area contributed by atoms with Crippen LogP contribution in [0.3, 0.4) is 0 Å². The topological polar surface area (TPSA) is 57.5 Å². The van der Waals surface area contributed by atoms with Crippen LogP contribution in [-0.2, 0) is 16.6 Å². The predicted molar refractivity (Wildman–Crippen MR) is 94.8 cm³/mol. The van der Waals surface area contributed by atoms with Gasteiger partial charge in [-0.2, -0.15) is 0 Å². The summed E-state index contributed by atoms with van der Waals surface area (Å²) in [6, 6.07) is 6.83. The fourth-order valence-electron chi connectivity index (χ4n) is 2.13. The zero-order valence-electron chi connectivity index (χ0n) is 13.6. The maximum atomic E-state index is 12.1. The molecule has 1 aromatic heterocycles. The van der Waals surface area contributed by atoms with Gasteiger partial charge in [0.05, 0.1) is 5.02 Å². The number of aryl methyl sites for hydroxylation is 1. The Kier molecular flexibility index (Phi) is 6.07. The van der Waals surface area contributed by atoms with E-state index in [-0.39, 0.29) is 19.0 Å². The van der Waals surface area contributed by atoms with E-state index in [4.69, 9.17) is 21.1 Å². The van der Waals surface area contributed by atoms with Crippen LogP contribution in [0.1, 0.15) is 21.7 Å². The van der Waals surface area contributed by atoms with Crippen LogP contribution < -0.4 is 4.74 Å². The molecule has 2 rings (SSSR count). The largest absolute Gasteiger partial charge is 0.480 e. The number of carbonyl (C=O) groups is 2. The van der Waals surface area contributed by atoms with Crippen LogP contribution in [0.2, 0.25) is 5.02 Å². The highest BCUT2D eigenvalue weighted by atomic mass is 79.9. The molecule has 0 amide bonds. The van der Waals surface area contributed by atoms with E-state index >= 15 is 0 Å². The first kappa shape index (κ1) is 18.5. The van der Waals surface area contributed by atoms with Gasteiger partial charge >= 0.3 is 5.97 Å². The number of carbonyl (C=O) groups excluding carboxylic acids is 2. The summed E-state index contributed by atoms with van der Waals surface area (Å²) in [4.78, 5) is 23.9. The first-order valence-corrected chi connectivity index (χ1v) is 8.36. The van der Waals surface area contributed by atoms with Gasteiger partial charge in [-0.25, -0.2) is 4.79 Å². The number of ketones is 1. The van der Waals surface area contributed by atoms with E-state index < -0.39 is 5.97 Å². The third-order valence-electron chi connectivity index (χ3n) is 3.68. The number of nitrogens with zero attached hydrogens (tertiary/aromatic N) is 1. The molecular formula is C17H17BrClNO4. The number of benzene rings is 1. The Labute approximate surface area is 153 Å². The van der Waals surface area contributed by atoms with E-state index in [9.17, 15) is 9.59 Å². The third-order valence-corrected chi connectivity index (χ3v) is 4.47. The SMILES string of the molecule is Cc1cc(C(=O)COC(=O)COc2ccc(Br)cc2Cl)c(C)n1C. The van der Waals surface area contributed by atoms with E-state index in [1.165, 1.54) is 0 Å². The van der Waals surface area contributed by atoms with Crippen LogP contribution in [0.25, 0.3) is 0 Å². The van der Waals surface area contributed by atoms with E-state index in [2.05, 4.69) is 15.9 Å². The van der Waals surface area contributed by atoms with Crippen LogP contribution in [0.15, 0.2) is 28.7 Å². The number of hydrogen-bond acceptors (Lipinski definition) is 4. The molecule has 2 aromatic rings. The van der Waals surface area contributed by atoms with E-state index in [0.29, 0.717) is 16.3 Å². The first-order valence-electron chi connectivity index (χ1n) is 7.19. The van der Waals surface area contributed by atoms with Gasteiger partial charge in [-0.3, -0.25) is 4.79 Å². The van der Waals surface area contributed by atoms with Gasteiger partial charge in [0.2, 0.25) is 5.78 Å². The molecule has 0 aliphatic rings. The molecular weight excluding hydrogens is 398 g/mol. The van der Waals surface area contributed by atoms with Gasteiger partial charge in [0.25, 0.3) is 0 Å². The van der Waals surface area contributed by atoms with Crippen molar-refractivity contribution in [3.63, 3.8) is 0 Å². The van der Waals surface area contributed by atoms with Gasteiger partial charge in [-0.15, -0.1) is 0 Å². The molecule has 0 unspecified atom stereocenters. The lowest BCUT2D eigenvalue weighted by Crippen LogP contribution is -2.20. The number of Topliss-reactive ketones (excluding diaryl/α,β-unsaturated/α-hetero) is 1. The Hall–Kier alpha value is -1.79. The number of halogens is 2. The maximum absolute atomic E-state index is 12.1. The van der Waals surface area contributed by atoms with Crippen LogP contribution in [0.4, 0.5) is 0 Å². The number of aromatic nitrogens is 1. The summed E-state index contributed by atoms with van der Waals surface area (Å²) in [5.41, 5.74) is 2.36. The standard InChI is InChI=1S/C17H17BrClNO4/c1-10-6-13(11(2)20(10)3)15(21)8-24-17(22)9-23-16-5-4-12(18)7-14(16)19/h4-7H,8-9H2,1-3H3. The summed E-state index contributed by atoms with van der Waals surface area (Å²) in [6.07, 6.45) is 0. The van der Waals surface area contributed by atoms with Gasteiger partial charge in [0, 0.05) is 28.5 Å². The van der Waals surface area contributed by atoms with E-state index in [1.807, 2.05) is 25.5 Å². The Bertz CT molecular complexity index is 785. The van der Waals surface area contributed by atoms with Gasteiger partial charge in [0.15, 0.2) is 13.2 Å². The van der Waals surface area contributed by atoms with E-state index in [1.54, 1.807) is 24.3 Å². The van der Waals surface area contributed by atoms with Crippen molar-refractivity contribution in [3.8, 4) is 5.75 Å². The van der Waals surface area contributed by atoms with Crippen molar-refractivity contribution in [2.45, 2.75) is 13.8 Å². The molecule has 0 saturated carbocycles. The minimum atomic E-state index is -0.632. The summed E-state index contributed by atoms with van der Waals surface area (Å²) in [6.45, 7) is 3.12. The third kappa shape index (κ3) is 4.39. The summed E-state index contributed by atoms with van der Waals surface area (Å²) in [7, 11) is 1.88. The Morgan fingerprint density at radius 1 is 1.21 bits per heavy atom. The number of ether oxygens (including phenoxy) is 2. The smallest absolute Gasteiger partial charge is 0.344 e. The Morgan fingerprint density at radius 3 is 2.50 bits per heavy atom. The average Bonchev–Trinajstić information content (AvgIpc) is 2.79. The normalized spacial score (nSPS) is 10.5. The van der Waals surface area contributed by atoms with Crippen LogP contribution in [-0.4, -0.2) is 29.5 Å². The molecule has 0 aliphatic heterocycles. The molecule has 0 N–H and O–H groups in total. The molecule has 128 valence electrons. The maximum Gasteiger partial charge on any atom is 0.344 e. The molecule has 0 aliphatic carbocycles. The molecule has 0 bridgehead atoms. The monoisotopic (exact) mass is 413 g/mol. The van der Waals surface area contributed by atoms with Crippen molar-refractivity contribution < 1.29 is 19.1 Å². The summed E-state index contributed by atoms with van der Waals surface area (Å²) >= 11 is 9.27. The first-order chi connectivity index (χ1) is 11.3. The molecule has 1 aromatic carbocycles. The van der Waals surface area contributed by atoms with Crippen molar-refractivity contribution in [3.05, 3.63) is 50.7 Å². The van der Waals surface area contributed by atoms with Crippen molar-refractivity contribution in [1.29, 1.82) is 0 Å². The quantitative estimate of drug-likeness (QED) is 0.532. The number of hydrogen-bond donors (Lipinski definition) is 0. The zero-order chi connectivity index (χ0) is 17.9. The molecule has 0 radical (unpaired) electrons. The summed E-state index contributed by atoms with van der Waals surface area (Å²) in [5, 5.41) is 0.378. The summed E-state index contributed by atoms with van der Waals surface area (Å²) < 4.78 is 13.0. The highest BCUT2D eigenvalue weighted by molar-refractivity contribution is 9.10. The second kappa shape index (κ2) is 7.85. The molecule has 5 nitrogen and oxygen atoms in total. The van der Waals surface area contributed by atoms with Crippen LogP contribution in [0.5, 0.6) is 5.75 Å². The number of rotatable bonds is 6. The fourth-order valence-corrected chi connectivity index (χ4v) is 2.86. The average molecular weight is 415 g/mol. The highest BCUT2D eigenvalue weighted by Gasteiger charge is 2.16. The van der Waals surface area contributed by atoms with Crippen molar-refractivity contribution in [2.24, 2.45) is 7.05 Å². The zero-order valence-corrected chi connectivity index (χ0v) is 15.9. The van der Waals surface area contributed by atoms with Gasteiger partial charge < -0.3 is 14.0 Å².